The summed E-state index contributed by atoms with van der Waals surface area (Å²) in [5.74, 6) is -0.321. The molecule has 2 bridgehead atoms. The highest BCUT2D eigenvalue weighted by Crippen LogP contribution is 2.57. The van der Waals surface area contributed by atoms with Gasteiger partial charge in [0.05, 0.1) is 11.6 Å². The van der Waals surface area contributed by atoms with Gasteiger partial charge in [0.1, 0.15) is 6.10 Å². The third kappa shape index (κ3) is 1.35. The first kappa shape index (κ1) is 13.0. The Kier molecular flexibility index (Phi) is 2.70. The van der Waals surface area contributed by atoms with Crippen molar-refractivity contribution in [1.29, 1.82) is 0 Å². The molecular formula is C16H23NO3. The maximum absolute atomic E-state index is 12.6. The summed E-state index contributed by atoms with van der Waals surface area (Å²) in [6.45, 7) is 4.12. The normalized spacial score (nSPS) is 51.5. The second kappa shape index (κ2) is 4.15. The number of aliphatic hydroxyl groups is 2. The molecular weight excluding hydrogens is 254 g/mol. The molecule has 2 aliphatic heterocycles. The van der Waals surface area contributed by atoms with Gasteiger partial charge in [-0.1, -0.05) is 13.0 Å². The Morgan fingerprint density at radius 3 is 2.95 bits per heavy atom. The van der Waals surface area contributed by atoms with Crippen LogP contribution >= 0.6 is 0 Å². The smallest absolute Gasteiger partial charge is 0.167 e. The molecule has 0 aromatic rings. The minimum Gasteiger partial charge on any atom is -0.392 e. The van der Waals surface area contributed by atoms with E-state index in [4.69, 9.17) is 0 Å². The standard InChI is InChI=1S/C16H23NO3/c1-9-8-16-10-4-2-6-17(16)7-3-5-11(16)14(19)15(20)12(10)13(9)18/h4,9,11-13,15,18,20H,2-3,5-8H2,1H3/t9-,11+,12-,13+,15+,16+/m0/s1. The van der Waals surface area contributed by atoms with Crippen LogP contribution in [-0.2, 0) is 4.79 Å². The van der Waals surface area contributed by atoms with E-state index in [1.807, 2.05) is 0 Å². The maximum atomic E-state index is 12.6. The van der Waals surface area contributed by atoms with Crippen molar-refractivity contribution in [3.63, 3.8) is 0 Å². The molecule has 0 radical (unpaired) electrons. The van der Waals surface area contributed by atoms with Gasteiger partial charge in [-0.15, -0.1) is 0 Å². The summed E-state index contributed by atoms with van der Waals surface area (Å²) in [6, 6.07) is 0. The highest BCUT2D eigenvalue weighted by molar-refractivity contribution is 5.90. The second-order valence-corrected chi connectivity index (χ2v) is 7.10. The van der Waals surface area contributed by atoms with Crippen LogP contribution in [0.15, 0.2) is 11.6 Å². The van der Waals surface area contributed by atoms with Crippen molar-refractivity contribution in [3.05, 3.63) is 11.6 Å². The molecule has 2 heterocycles. The van der Waals surface area contributed by atoms with Crippen molar-refractivity contribution in [1.82, 2.24) is 4.90 Å². The monoisotopic (exact) mass is 277 g/mol. The van der Waals surface area contributed by atoms with Gasteiger partial charge < -0.3 is 10.2 Å². The Hall–Kier alpha value is -0.710. The molecule has 1 saturated heterocycles. The third-order valence-electron chi connectivity index (χ3n) is 6.24. The first-order valence-corrected chi connectivity index (χ1v) is 7.93. The minimum atomic E-state index is -1.00. The summed E-state index contributed by atoms with van der Waals surface area (Å²) in [4.78, 5) is 15.1. The number of hydrogen-bond acceptors (Lipinski definition) is 4. The summed E-state index contributed by atoms with van der Waals surface area (Å²) in [5.41, 5.74) is 0.988. The van der Waals surface area contributed by atoms with Gasteiger partial charge in [-0.05, 0) is 43.7 Å². The summed E-state index contributed by atoms with van der Waals surface area (Å²) in [6.07, 6.45) is 4.38. The Labute approximate surface area is 119 Å². The van der Waals surface area contributed by atoms with E-state index in [1.165, 1.54) is 5.57 Å². The lowest BCUT2D eigenvalue weighted by Gasteiger charge is -2.64. The molecule has 4 aliphatic rings. The average Bonchev–Trinajstić information content (AvgIpc) is 2.44. The minimum absolute atomic E-state index is 0.0234. The highest BCUT2D eigenvalue weighted by Gasteiger charge is 2.64. The van der Waals surface area contributed by atoms with E-state index in [2.05, 4.69) is 17.9 Å². The molecule has 3 fully saturated rings. The predicted octanol–water partition coefficient (Wildman–Crippen LogP) is 0.728. The van der Waals surface area contributed by atoms with Crippen LogP contribution in [0.4, 0.5) is 0 Å². The number of carbonyl (C=O) groups is 1. The third-order valence-corrected chi connectivity index (χ3v) is 6.24. The molecule has 0 aromatic carbocycles. The van der Waals surface area contributed by atoms with E-state index in [0.29, 0.717) is 0 Å². The zero-order valence-electron chi connectivity index (χ0n) is 12.0. The van der Waals surface area contributed by atoms with Crippen LogP contribution in [0.5, 0.6) is 0 Å². The number of carbonyl (C=O) groups excluding carboxylic acids is 1. The zero-order chi connectivity index (χ0) is 14.1. The van der Waals surface area contributed by atoms with Crippen LogP contribution in [0.3, 0.4) is 0 Å². The first-order chi connectivity index (χ1) is 9.57. The molecule has 0 amide bonds. The molecule has 2 N–H and O–H groups in total. The van der Waals surface area contributed by atoms with Gasteiger partial charge in [0, 0.05) is 18.4 Å². The largest absolute Gasteiger partial charge is 0.392 e. The maximum Gasteiger partial charge on any atom is 0.167 e. The molecule has 4 nitrogen and oxygen atoms in total. The summed E-state index contributed by atoms with van der Waals surface area (Å²) in [7, 11) is 0. The van der Waals surface area contributed by atoms with Gasteiger partial charge in [-0.25, -0.2) is 0 Å². The molecule has 4 rings (SSSR count). The number of hydrogen-bond donors (Lipinski definition) is 2. The van der Waals surface area contributed by atoms with Gasteiger partial charge in [-0.3, -0.25) is 9.69 Å². The summed E-state index contributed by atoms with van der Waals surface area (Å²) >= 11 is 0. The van der Waals surface area contributed by atoms with Gasteiger partial charge in [0.2, 0.25) is 0 Å². The second-order valence-electron chi connectivity index (χ2n) is 7.10. The number of nitrogens with zero attached hydrogens (tertiary/aromatic N) is 1. The van der Waals surface area contributed by atoms with E-state index in [-0.39, 0.29) is 29.1 Å². The zero-order valence-corrected chi connectivity index (χ0v) is 12.0. The van der Waals surface area contributed by atoms with E-state index in [1.54, 1.807) is 0 Å². The number of ketones is 1. The fourth-order valence-electron chi connectivity index (χ4n) is 5.47. The Balaban J connectivity index is 1.92. The fraction of sp³-hybridized carbons (Fsp3) is 0.812. The van der Waals surface area contributed by atoms with E-state index in [9.17, 15) is 15.0 Å². The topological polar surface area (TPSA) is 60.8 Å². The van der Waals surface area contributed by atoms with Crippen molar-refractivity contribution in [2.45, 2.75) is 50.4 Å². The van der Waals surface area contributed by atoms with E-state index >= 15 is 0 Å². The Morgan fingerprint density at radius 1 is 1.35 bits per heavy atom. The van der Waals surface area contributed by atoms with Crippen LogP contribution in [0, 0.1) is 17.8 Å². The quantitative estimate of drug-likeness (QED) is 0.641. The summed E-state index contributed by atoms with van der Waals surface area (Å²) < 4.78 is 0. The van der Waals surface area contributed by atoms with E-state index in [0.717, 1.165) is 38.8 Å². The van der Waals surface area contributed by atoms with Gasteiger partial charge >= 0.3 is 0 Å². The number of piperidine rings is 1. The average molecular weight is 277 g/mol. The van der Waals surface area contributed by atoms with E-state index < -0.39 is 12.2 Å². The number of Topliss-reactive ketones (excluding diaryl/α,β-unsaturated/α-hetero) is 1. The van der Waals surface area contributed by atoms with Crippen LogP contribution in [0.25, 0.3) is 0 Å². The van der Waals surface area contributed by atoms with Crippen LogP contribution in [0.1, 0.15) is 32.6 Å². The van der Waals surface area contributed by atoms with Crippen LogP contribution < -0.4 is 0 Å². The molecule has 2 saturated carbocycles. The lowest BCUT2D eigenvalue weighted by molar-refractivity contribution is -0.165. The van der Waals surface area contributed by atoms with Crippen molar-refractivity contribution < 1.29 is 15.0 Å². The fourth-order valence-corrected chi connectivity index (χ4v) is 5.47. The number of rotatable bonds is 0. The SMILES string of the molecule is C[C@H]1C[C@]23C4=CCCN2CCC[C@@H]3C(=O)[C@H](O)[C@@H]4[C@@H]1O. The van der Waals surface area contributed by atoms with Crippen LogP contribution in [-0.4, -0.2) is 51.7 Å². The first-order valence-electron chi connectivity index (χ1n) is 7.93. The number of aliphatic hydroxyl groups excluding tert-OH is 2. The lowest BCUT2D eigenvalue weighted by atomic mass is 9.50. The molecule has 20 heavy (non-hydrogen) atoms. The molecule has 110 valence electrons. The van der Waals surface area contributed by atoms with Crippen molar-refractivity contribution in [2.24, 2.45) is 17.8 Å². The van der Waals surface area contributed by atoms with Gasteiger partial charge in [0.15, 0.2) is 5.78 Å². The predicted molar refractivity (Wildman–Crippen MR) is 74.0 cm³/mol. The molecule has 4 heteroatoms. The van der Waals surface area contributed by atoms with Crippen molar-refractivity contribution in [2.75, 3.05) is 13.1 Å². The Bertz CT molecular complexity index is 488. The molecule has 0 aromatic heterocycles. The highest BCUT2D eigenvalue weighted by atomic mass is 16.3. The van der Waals surface area contributed by atoms with Crippen molar-refractivity contribution in [3.8, 4) is 0 Å². The molecule has 1 spiro atoms. The van der Waals surface area contributed by atoms with Crippen LogP contribution in [0.2, 0.25) is 0 Å². The lowest BCUT2D eigenvalue weighted by Crippen LogP contribution is -2.72. The molecule has 0 unspecified atom stereocenters. The Morgan fingerprint density at radius 2 is 2.15 bits per heavy atom. The van der Waals surface area contributed by atoms with Gasteiger partial charge in [0.25, 0.3) is 0 Å². The molecule has 2 aliphatic carbocycles. The van der Waals surface area contributed by atoms with Crippen molar-refractivity contribution >= 4 is 5.78 Å². The summed E-state index contributed by atoms with van der Waals surface area (Å²) in [5, 5.41) is 21.0. The molecule has 6 atom stereocenters. The van der Waals surface area contributed by atoms with Gasteiger partial charge in [-0.2, -0.15) is 0 Å².